The van der Waals surface area contributed by atoms with E-state index in [2.05, 4.69) is 47.8 Å². The highest BCUT2D eigenvalue weighted by Crippen LogP contribution is 2.38. The minimum atomic E-state index is -0.811. The van der Waals surface area contributed by atoms with E-state index in [9.17, 15) is 14.7 Å². The predicted octanol–water partition coefficient (Wildman–Crippen LogP) is 5.58. The van der Waals surface area contributed by atoms with E-state index in [1.165, 1.54) is 15.9 Å². The van der Waals surface area contributed by atoms with E-state index in [0.29, 0.717) is 48.4 Å². The lowest BCUT2D eigenvalue weighted by atomic mass is 9.93. The van der Waals surface area contributed by atoms with Gasteiger partial charge in [-0.1, -0.05) is 56.5 Å². The first kappa shape index (κ1) is 27.8. The van der Waals surface area contributed by atoms with Crippen LogP contribution >= 0.6 is 59.1 Å². The van der Waals surface area contributed by atoms with Crippen LogP contribution in [-0.2, 0) is 9.53 Å². The third-order valence-electron chi connectivity index (χ3n) is 5.72. The zero-order valence-electron chi connectivity index (χ0n) is 20.2. The Morgan fingerprint density at radius 3 is 2.62 bits per heavy atom. The Hall–Kier alpha value is -2.21. The van der Waals surface area contributed by atoms with Crippen molar-refractivity contribution in [1.82, 2.24) is 4.57 Å². The monoisotopic (exact) mass is 712 g/mol. The maximum Gasteiger partial charge on any atom is 0.338 e. The molecular weight excluding hydrogens is 692 g/mol. The van der Waals surface area contributed by atoms with E-state index >= 15 is 0 Å². The molecule has 0 saturated heterocycles. The van der Waals surface area contributed by atoms with Gasteiger partial charge in [-0.2, -0.15) is 0 Å². The number of carbonyl (C=O) groups excluding carboxylic acids is 1. The number of aromatic hydroxyl groups is 1. The van der Waals surface area contributed by atoms with Crippen LogP contribution in [-0.4, -0.2) is 29.4 Å². The van der Waals surface area contributed by atoms with E-state index in [1.54, 1.807) is 38.3 Å². The van der Waals surface area contributed by atoms with Gasteiger partial charge in [0.05, 0.1) is 34.0 Å². The van der Waals surface area contributed by atoms with Crippen molar-refractivity contribution < 1.29 is 19.4 Å². The zero-order valence-corrected chi connectivity index (χ0v) is 25.8. The molecule has 11 heteroatoms. The second-order valence-corrected chi connectivity index (χ2v) is 11.8. The smallest absolute Gasteiger partial charge is 0.338 e. The summed E-state index contributed by atoms with van der Waals surface area (Å²) in [6, 6.07) is 8.09. The molecule has 37 heavy (non-hydrogen) atoms. The van der Waals surface area contributed by atoms with Gasteiger partial charge < -0.3 is 14.6 Å². The van der Waals surface area contributed by atoms with E-state index in [-0.39, 0.29) is 17.9 Å². The van der Waals surface area contributed by atoms with Gasteiger partial charge in [0.25, 0.3) is 5.56 Å². The number of methoxy groups -OCH3 is 1. The van der Waals surface area contributed by atoms with E-state index in [1.807, 2.05) is 19.1 Å². The van der Waals surface area contributed by atoms with Crippen LogP contribution in [0.25, 0.3) is 6.08 Å². The second-order valence-electron chi connectivity index (χ2n) is 8.13. The van der Waals surface area contributed by atoms with Gasteiger partial charge >= 0.3 is 5.97 Å². The summed E-state index contributed by atoms with van der Waals surface area (Å²) in [6.07, 6.45) is 2.90. The molecule has 2 heterocycles. The van der Waals surface area contributed by atoms with Gasteiger partial charge in [-0.05, 0) is 65.7 Å². The Morgan fingerprint density at radius 2 is 1.95 bits per heavy atom. The molecule has 0 fully saturated rings. The summed E-state index contributed by atoms with van der Waals surface area (Å²) in [5, 5.41) is 10.6. The number of hydrogen-bond donors (Lipinski definition) is 1. The number of benzene rings is 2. The molecule has 1 atom stereocenters. The van der Waals surface area contributed by atoms with Crippen LogP contribution in [0.15, 0.2) is 64.8 Å². The van der Waals surface area contributed by atoms with Gasteiger partial charge in [0.15, 0.2) is 4.80 Å². The molecule has 0 spiro atoms. The highest BCUT2D eigenvalue weighted by Gasteiger charge is 2.36. The van der Waals surface area contributed by atoms with Crippen molar-refractivity contribution in [2.45, 2.75) is 32.7 Å². The second kappa shape index (κ2) is 11.7. The first-order chi connectivity index (χ1) is 17.7. The summed E-state index contributed by atoms with van der Waals surface area (Å²) < 4.78 is 15.0. The Morgan fingerprint density at radius 1 is 1.19 bits per heavy atom. The van der Waals surface area contributed by atoms with Crippen LogP contribution in [0, 0.1) is 0 Å². The van der Waals surface area contributed by atoms with Crippen molar-refractivity contribution in [3.05, 3.63) is 85.8 Å². The number of halogens is 3. The fourth-order valence-corrected chi connectivity index (χ4v) is 6.82. The summed E-state index contributed by atoms with van der Waals surface area (Å²) in [5.41, 5.74) is 1.63. The maximum absolute atomic E-state index is 13.9. The molecule has 2 aromatic carbocycles. The van der Waals surface area contributed by atoms with Gasteiger partial charge in [0.2, 0.25) is 0 Å². The molecule has 1 aliphatic rings. The number of hydrogen-bond acceptors (Lipinski definition) is 7. The van der Waals surface area contributed by atoms with Crippen LogP contribution in [0.4, 0.5) is 0 Å². The molecular formula is C26H23Br3N2O5S. The number of aromatic nitrogens is 1. The number of ether oxygens (including phenoxy) is 2. The minimum Gasteiger partial charge on any atom is -0.506 e. The minimum absolute atomic E-state index is 0.0122. The van der Waals surface area contributed by atoms with Crippen molar-refractivity contribution in [2.75, 3.05) is 13.7 Å². The normalized spacial score (nSPS) is 15.4. The number of esters is 1. The number of allylic oxidation sites excluding steroid dienone is 1. The SMILES string of the molecule is CCCC1=C(C(=O)OCC)[C@@H](c2cc(Br)ccc2OC)n2c(s/c(=C/c3cc(Br)cc(Br)c3O)c2=O)=N1. The van der Waals surface area contributed by atoms with Crippen molar-refractivity contribution in [2.24, 2.45) is 4.99 Å². The number of phenols is 1. The number of phenolic OH excluding ortho intramolecular Hbond substituents is 1. The van der Waals surface area contributed by atoms with Crippen LogP contribution in [0.1, 0.15) is 43.9 Å². The Labute approximate surface area is 242 Å². The molecule has 1 aliphatic heterocycles. The average Bonchev–Trinajstić information content (AvgIpc) is 3.16. The van der Waals surface area contributed by atoms with Gasteiger partial charge in [0, 0.05) is 20.1 Å². The third-order valence-corrected chi connectivity index (χ3v) is 8.26. The number of rotatable bonds is 7. The summed E-state index contributed by atoms with van der Waals surface area (Å²) in [5.74, 6) is 0.0126. The van der Waals surface area contributed by atoms with Crippen LogP contribution in [0.3, 0.4) is 0 Å². The summed E-state index contributed by atoms with van der Waals surface area (Å²) in [6.45, 7) is 3.93. The lowest BCUT2D eigenvalue weighted by molar-refractivity contribution is -0.139. The molecule has 0 bridgehead atoms. The predicted molar refractivity (Wildman–Crippen MR) is 154 cm³/mol. The number of thiazole rings is 1. The highest BCUT2D eigenvalue weighted by molar-refractivity contribution is 9.11. The van der Waals surface area contributed by atoms with E-state index in [0.717, 1.165) is 15.4 Å². The molecule has 0 saturated carbocycles. The summed E-state index contributed by atoms with van der Waals surface area (Å²) in [4.78, 5) is 32.5. The first-order valence-electron chi connectivity index (χ1n) is 11.4. The Balaban J connectivity index is 2.08. The van der Waals surface area contributed by atoms with E-state index in [4.69, 9.17) is 14.5 Å². The third kappa shape index (κ3) is 5.50. The molecule has 1 aromatic heterocycles. The molecule has 7 nitrogen and oxygen atoms in total. The van der Waals surface area contributed by atoms with Crippen molar-refractivity contribution >= 4 is 71.2 Å². The van der Waals surface area contributed by atoms with E-state index < -0.39 is 12.0 Å². The van der Waals surface area contributed by atoms with Crippen LogP contribution in [0.2, 0.25) is 0 Å². The van der Waals surface area contributed by atoms with Gasteiger partial charge in [-0.15, -0.1) is 0 Å². The molecule has 0 radical (unpaired) electrons. The van der Waals surface area contributed by atoms with Crippen LogP contribution in [0.5, 0.6) is 11.5 Å². The molecule has 3 aromatic rings. The topological polar surface area (TPSA) is 90.1 Å². The van der Waals surface area contributed by atoms with Gasteiger partial charge in [0.1, 0.15) is 17.5 Å². The number of nitrogens with zero attached hydrogens (tertiary/aromatic N) is 2. The van der Waals surface area contributed by atoms with Crippen molar-refractivity contribution in [3.63, 3.8) is 0 Å². The maximum atomic E-state index is 13.9. The molecule has 194 valence electrons. The highest BCUT2D eigenvalue weighted by atomic mass is 79.9. The van der Waals surface area contributed by atoms with Crippen molar-refractivity contribution in [1.29, 1.82) is 0 Å². The fraction of sp³-hybridized carbons (Fsp3) is 0.269. The lowest BCUT2D eigenvalue weighted by Crippen LogP contribution is -2.40. The number of carbonyl (C=O) groups is 1. The van der Waals surface area contributed by atoms with Crippen molar-refractivity contribution in [3.8, 4) is 11.5 Å². The number of fused-ring (bicyclic) bond motifs is 1. The zero-order chi connectivity index (χ0) is 26.9. The standard InChI is InChI=1S/C26H23Br3N2O5S/c1-4-6-18-21(25(34)36-5-2)22(16-11-14(27)7-8-19(16)35-3)31-24(33)20(37-26(31)30-18)10-13-9-15(28)12-17(29)23(13)32/h7-12,22,32H,4-6H2,1-3H3/b20-10+/t22-/m1/s1. The molecule has 0 aliphatic carbocycles. The summed E-state index contributed by atoms with van der Waals surface area (Å²) >= 11 is 11.5. The van der Waals surface area contributed by atoms with Gasteiger partial charge in [-0.25, -0.2) is 9.79 Å². The molecule has 0 amide bonds. The molecule has 1 N–H and O–H groups in total. The quantitative estimate of drug-likeness (QED) is 0.323. The van der Waals surface area contributed by atoms with Gasteiger partial charge in [-0.3, -0.25) is 9.36 Å². The Bertz CT molecular complexity index is 1590. The largest absolute Gasteiger partial charge is 0.506 e. The molecule has 4 rings (SSSR count). The Kier molecular flexibility index (Phi) is 8.77. The summed E-state index contributed by atoms with van der Waals surface area (Å²) in [7, 11) is 1.55. The van der Waals surface area contributed by atoms with Crippen LogP contribution < -0.4 is 19.6 Å². The fourth-order valence-electron chi connectivity index (χ4n) is 4.17. The first-order valence-corrected chi connectivity index (χ1v) is 14.6. The molecule has 0 unspecified atom stereocenters. The lowest BCUT2D eigenvalue weighted by Gasteiger charge is -2.27. The average molecular weight is 715 g/mol.